The van der Waals surface area contributed by atoms with E-state index in [9.17, 15) is 25.5 Å². The van der Waals surface area contributed by atoms with Crippen LogP contribution in [0.2, 0.25) is 0 Å². The minimum atomic E-state index is -5.38. The van der Waals surface area contributed by atoms with Gasteiger partial charge in [0.05, 0.1) is 13.2 Å². The second-order valence-corrected chi connectivity index (χ2v) is 6.53. The van der Waals surface area contributed by atoms with E-state index in [4.69, 9.17) is 4.74 Å². The van der Waals surface area contributed by atoms with Crippen LogP contribution >= 0.6 is 0 Å². The minimum absolute atomic E-state index is 0.0214. The van der Waals surface area contributed by atoms with Gasteiger partial charge in [0.25, 0.3) is 10.0 Å². The predicted octanol–water partition coefficient (Wildman–Crippen LogP) is -0.398. The molecule has 8 nitrogen and oxygen atoms in total. The van der Waals surface area contributed by atoms with Crippen molar-refractivity contribution in [2.24, 2.45) is 0 Å². The van der Waals surface area contributed by atoms with Gasteiger partial charge in [-0.25, -0.2) is 13.2 Å². The van der Waals surface area contributed by atoms with E-state index >= 15 is 0 Å². The molecule has 112 valence electrons. The number of carbonyl (C=O) groups excluding carboxylic acids is 1. The quantitative estimate of drug-likeness (QED) is 0.266. The monoisotopic (exact) mass is 319 g/mol. The SMILES string of the molecule is C=CC(=O)OCCCOC(C)S(=O)(=O)NS(=O)(=O)F. The van der Waals surface area contributed by atoms with Crippen molar-refractivity contribution in [1.29, 1.82) is 0 Å². The maximum absolute atomic E-state index is 12.2. The van der Waals surface area contributed by atoms with Gasteiger partial charge in [0, 0.05) is 12.5 Å². The Labute approximate surface area is 111 Å². The summed E-state index contributed by atoms with van der Waals surface area (Å²) in [4.78, 5) is 10.6. The minimum Gasteiger partial charge on any atom is -0.462 e. The van der Waals surface area contributed by atoms with Gasteiger partial charge in [0.1, 0.15) is 0 Å². The van der Waals surface area contributed by atoms with Gasteiger partial charge in [0.15, 0.2) is 5.44 Å². The van der Waals surface area contributed by atoms with Crippen LogP contribution < -0.4 is 4.13 Å². The highest BCUT2D eigenvalue weighted by Gasteiger charge is 2.27. The van der Waals surface area contributed by atoms with Crippen molar-refractivity contribution in [3.05, 3.63) is 12.7 Å². The van der Waals surface area contributed by atoms with Gasteiger partial charge in [-0.3, -0.25) is 0 Å². The molecule has 0 heterocycles. The fraction of sp³-hybridized carbons (Fsp3) is 0.625. The Bertz CT molecular complexity index is 513. The van der Waals surface area contributed by atoms with Crippen LogP contribution in [0.25, 0.3) is 0 Å². The summed E-state index contributed by atoms with van der Waals surface area (Å²) < 4.78 is 65.1. The zero-order chi connectivity index (χ0) is 15.1. The third-order valence-corrected chi connectivity index (χ3v) is 4.44. The van der Waals surface area contributed by atoms with Crippen LogP contribution in [-0.4, -0.2) is 41.5 Å². The van der Waals surface area contributed by atoms with Crippen molar-refractivity contribution in [3.8, 4) is 0 Å². The molecule has 0 radical (unpaired) electrons. The fourth-order valence-electron chi connectivity index (χ4n) is 0.836. The third-order valence-electron chi connectivity index (χ3n) is 1.70. The van der Waals surface area contributed by atoms with Gasteiger partial charge >= 0.3 is 16.4 Å². The summed E-state index contributed by atoms with van der Waals surface area (Å²) in [6.45, 7) is 4.05. The maximum atomic E-state index is 12.2. The lowest BCUT2D eigenvalue weighted by atomic mass is 10.5. The van der Waals surface area contributed by atoms with Crippen molar-refractivity contribution in [3.63, 3.8) is 0 Å². The first-order valence-electron chi connectivity index (χ1n) is 4.96. The van der Waals surface area contributed by atoms with Gasteiger partial charge in [-0.05, 0) is 6.92 Å². The van der Waals surface area contributed by atoms with E-state index < -0.39 is 31.8 Å². The second-order valence-electron chi connectivity index (χ2n) is 3.23. The maximum Gasteiger partial charge on any atom is 0.385 e. The molecule has 0 aromatic heterocycles. The molecule has 11 heteroatoms. The number of carbonyl (C=O) groups is 1. The Hall–Kier alpha value is -1.04. The Morgan fingerprint density at radius 3 is 2.42 bits per heavy atom. The third kappa shape index (κ3) is 8.64. The Balaban J connectivity index is 4.08. The van der Waals surface area contributed by atoms with E-state index in [0.717, 1.165) is 17.1 Å². The highest BCUT2D eigenvalue weighted by atomic mass is 32.3. The summed E-state index contributed by atoms with van der Waals surface area (Å²) in [5.41, 5.74) is -1.58. The lowest BCUT2D eigenvalue weighted by molar-refractivity contribution is -0.138. The van der Waals surface area contributed by atoms with Crippen molar-refractivity contribution >= 4 is 26.4 Å². The number of ether oxygens (including phenoxy) is 2. The van der Waals surface area contributed by atoms with Crippen molar-refractivity contribution in [1.82, 2.24) is 4.13 Å². The van der Waals surface area contributed by atoms with Crippen LogP contribution in [0, 0.1) is 0 Å². The van der Waals surface area contributed by atoms with Gasteiger partial charge in [-0.1, -0.05) is 14.6 Å². The summed E-state index contributed by atoms with van der Waals surface area (Å²) in [5, 5.41) is 0. The lowest BCUT2D eigenvalue weighted by Gasteiger charge is -2.12. The predicted molar refractivity (Wildman–Crippen MR) is 63.3 cm³/mol. The largest absolute Gasteiger partial charge is 0.462 e. The Kier molecular flexibility index (Phi) is 7.11. The van der Waals surface area contributed by atoms with Crippen LogP contribution in [0.1, 0.15) is 13.3 Å². The number of nitrogens with one attached hydrogen (secondary N) is 1. The molecule has 0 aliphatic carbocycles. The number of rotatable bonds is 9. The molecule has 0 aliphatic heterocycles. The summed E-state index contributed by atoms with van der Waals surface area (Å²) >= 11 is 0. The zero-order valence-electron chi connectivity index (χ0n) is 10.0. The number of esters is 1. The molecule has 0 saturated carbocycles. The standard InChI is InChI=1S/C8H14FNO7S2/c1-3-8(11)17-6-4-5-16-7(2)18(12,13)10-19(9,14)15/h3,7,10H,1,4-6H2,2H3. The van der Waals surface area contributed by atoms with E-state index in [1.807, 2.05) is 0 Å². The molecule has 0 amide bonds. The van der Waals surface area contributed by atoms with E-state index in [-0.39, 0.29) is 19.6 Å². The molecule has 0 aromatic rings. The number of hydrogen-bond acceptors (Lipinski definition) is 7. The molecule has 19 heavy (non-hydrogen) atoms. The highest BCUT2D eigenvalue weighted by molar-refractivity contribution is 8.02. The van der Waals surface area contributed by atoms with E-state index in [1.165, 1.54) is 0 Å². The van der Waals surface area contributed by atoms with Crippen LogP contribution in [0.3, 0.4) is 0 Å². The first kappa shape index (κ1) is 18.0. The molecular weight excluding hydrogens is 305 g/mol. The fourth-order valence-corrected chi connectivity index (χ4v) is 2.76. The molecule has 0 rings (SSSR count). The summed E-state index contributed by atoms with van der Waals surface area (Å²) in [6, 6.07) is 0. The molecule has 1 atom stereocenters. The smallest absolute Gasteiger partial charge is 0.385 e. The van der Waals surface area contributed by atoms with E-state index in [1.54, 1.807) is 0 Å². The molecule has 0 fully saturated rings. The molecule has 1 N–H and O–H groups in total. The molecule has 0 aromatic carbocycles. The topological polar surface area (TPSA) is 116 Å². The van der Waals surface area contributed by atoms with Crippen LogP contribution in [0.5, 0.6) is 0 Å². The van der Waals surface area contributed by atoms with Crippen LogP contribution in [-0.2, 0) is 34.7 Å². The first-order chi connectivity index (χ1) is 8.58. The van der Waals surface area contributed by atoms with E-state index in [2.05, 4.69) is 11.3 Å². The normalized spacial score (nSPS) is 13.8. The lowest BCUT2D eigenvalue weighted by Crippen LogP contribution is -2.36. The van der Waals surface area contributed by atoms with Gasteiger partial charge in [0.2, 0.25) is 0 Å². The van der Waals surface area contributed by atoms with Gasteiger partial charge in [-0.2, -0.15) is 8.42 Å². The Morgan fingerprint density at radius 1 is 1.37 bits per heavy atom. The Morgan fingerprint density at radius 2 is 1.95 bits per heavy atom. The van der Waals surface area contributed by atoms with Crippen LogP contribution in [0.15, 0.2) is 12.7 Å². The van der Waals surface area contributed by atoms with Crippen molar-refractivity contribution < 1.29 is 35.0 Å². The second kappa shape index (κ2) is 7.53. The number of hydrogen-bond donors (Lipinski definition) is 1. The summed E-state index contributed by atoms with van der Waals surface area (Å²) in [7, 11) is -9.86. The number of halogens is 1. The van der Waals surface area contributed by atoms with Crippen LogP contribution in [0.4, 0.5) is 3.89 Å². The average Bonchev–Trinajstić information content (AvgIpc) is 2.24. The van der Waals surface area contributed by atoms with Gasteiger partial charge < -0.3 is 9.47 Å². The molecule has 0 spiro atoms. The van der Waals surface area contributed by atoms with Crippen molar-refractivity contribution in [2.75, 3.05) is 13.2 Å². The molecular formula is C8H14FNO7S2. The average molecular weight is 319 g/mol. The molecule has 0 saturated heterocycles. The highest BCUT2D eigenvalue weighted by Crippen LogP contribution is 2.04. The number of sulfonamides is 1. The zero-order valence-corrected chi connectivity index (χ0v) is 11.7. The first-order valence-corrected chi connectivity index (χ1v) is 7.89. The van der Waals surface area contributed by atoms with E-state index in [0.29, 0.717) is 0 Å². The summed E-state index contributed by atoms with van der Waals surface area (Å²) in [5.74, 6) is -0.633. The molecule has 0 aliphatic rings. The van der Waals surface area contributed by atoms with Crippen molar-refractivity contribution in [2.45, 2.75) is 18.8 Å². The summed E-state index contributed by atoms with van der Waals surface area (Å²) in [6.07, 6.45) is 1.14. The molecule has 1 unspecified atom stereocenters. The molecule has 0 bridgehead atoms. The van der Waals surface area contributed by atoms with Gasteiger partial charge in [-0.15, -0.1) is 0 Å².